The first-order valence-corrected chi connectivity index (χ1v) is 5.73. The first kappa shape index (κ1) is 13.2. The first-order valence-electron chi connectivity index (χ1n) is 5.73. The monoisotopic (exact) mass is 263 g/mol. The van der Waals surface area contributed by atoms with Gasteiger partial charge in [-0.2, -0.15) is 10.1 Å². The van der Waals surface area contributed by atoms with E-state index in [0.717, 1.165) is 0 Å². The van der Waals surface area contributed by atoms with Gasteiger partial charge in [-0.1, -0.05) is 6.07 Å². The molecule has 0 aliphatic rings. The van der Waals surface area contributed by atoms with Crippen LogP contribution in [0.5, 0.6) is 0 Å². The van der Waals surface area contributed by atoms with Gasteiger partial charge in [0.05, 0.1) is 12.8 Å². The third-order valence-corrected chi connectivity index (χ3v) is 2.25. The molecule has 0 fully saturated rings. The molecule has 0 radical (unpaired) electrons. The molecule has 2 rings (SSSR count). The molecule has 0 unspecified atom stereocenters. The number of methoxy groups -OCH3 is 1. The van der Waals surface area contributed by atoms with Gasteiger partial charge in [-0.3, -0.25) is 0 Å². The number of rotatable bonds is 6. The highest BCUT2D eigenvalue weighted by Gasteiger charge is 2.01. The maximum absolute atomic E-state index is 13.0. The Morgan fingerprint density at radius 2 is 2.26 bits per heavy atom. The van der Waals surface area contributed by atoms with E-state index in [1.165, 1.54) is 18.3 Å². The normalized spacial score (nSPS) is 10.2. The molecule has 1 aromatic heterocycles. The molecule has 100 valence electrons. The summed E-state index contributed by atoms with van der Waals surface area (Å²) < 4.78 is 18.0. The second kappa shape index (κ2) is 6.60. The van der Waals surface area contributed by atoms with Crippen molar-refractivity contribution in [2.45, 2.75) is 0 Å². The molecule has 2 N–H and O–H groups in total. The lowest BCUT2D eigenvalue weighted by atomic mass is 10.3. The predicted molar refractivity (Wildman–Crippen MR) is 69.9 cm³/mol. The van der Waals surface area contributed by atoms with Gasteiger partial charge in [0, 0.05) is 19.3 Å². The Bertz CT molecular complexity index is 537. The average molecular weight is 263 g/mol. The summed E-state index contributed by atoms with van der Waals surface area (Å²) in [6.07, 6.45) is 1.51. The van der Waals surface area contributed by atoms with E-state index < -0.39 is 0 Å². The molecule has 0 aliphatic carbocycles. The van der Waals surface area contributed by atoms with Crippen LogP contribution in [0.4, 0.5) is 21.8 Å². The van der Waals surface area contributed by atoms with Crippen molar-refractivity contribution in [2.24, 2.45) is 0 Å². The minimum Gasteiger partial charge on any atom is -0.383 e. The zero-order valence-corrected chi connectivity index (χ0v) is 10.4. The maximum Gasteiger partial charge on any atom is 0.249 e. The number of benzene rings is 1. The number of nitrogens with zero attached hydrogens (tertiary/aromatic N) is 3. The van der Waals surface area contributed by atoms with Crippen molar-refractivity contribution >= 4 is 17.5 Å². The van der Waals surface area contributed by atoms with E-state index in [2.05, 4.69) is 25.8 Å². The minimum absolute atomic E-state index is 0.299. The number of hydrogen-bond acceptors (Lipinski definition) is 6. The van der Waals surface area contributed by atoms with Crippen LogP contribution in [0, 0.1) is 5.82 Å². The van der Waals surface area contributed by atoms with Crippen molar-refractivity contribution in [3.63, 3.8) is 0 Å². The van der Waals surface area contributed by atoms with E-state index >= 15 is 0 Å². The molecule has 1 aromatic carbocycles. The fourth-order valence-corrected chi connectivity index (χ4v) is 1.42. The molecular weight excluding hydrogens is 249 g/mol. The number of hydrogen-bond donors (Lipinski definition) is 2. The van der Waals surface area contributed by atoms with Gasteiger partial charge in [0.25, 0.3) is 0 Å². The number of ether oxygens (including phenoxy) is 1. The van der Waals surface area contributed by atoms with Crippen molar-refractivity contribution in [3.8, 4) is 0 Å². The number of nitrogens with one attached hydrogen (secondary N) is 2. The van der Waals surface area contributed by atoms with Crippen LogP contribution in [0.3, 0.4) is 0 Å². The Morgan fingerprint density at radius 1 is 1.37 bits per heavy atom. The lowest BCUT2D eigenvalue weighted by Gasteiger charge is -2.07. The zero-order chi connectivity index (χ0) is 13.5. The molecule has 19 heavy (non-hydrogen) atoms. The van der Waals surface area contributed by atoms with Crippen LogP contribution < -0.4 is 10.6 Å². The highest BCUT2D eigenvalue weighted by molar-refractivity contribution is 5.53. The largest absolute Gasteiger partial charge is 0.383 e. The van der Waals surface area contributed by atoms with Gasteiger partial charge in [0.1, 0.15) is 5.82 Å². The van der Waals surface area contributed by atoms with Crippen LogP contribution in [-0.4, -0.2) is 35.4 Å². The van der Waals surface area contributed by atoms with Crippen LogP contribution in [0.1, 0.15) is 0 Å². The molecule has 1 heterocycles. The maximum atomic E-state index is 13.0. The Labute approximate surface area is 110 Å². The highest BCUT2D eigenvalue weighted by Crippen LogP contribution is 2.14. The number of aromatic nitrogens is 3. The van der Waals surface area contributed by atoms with E-state index in [1.807, 2.05) is 0 Å². The molecule has 0 amide bonds. The molecule has 0 aliphatic heterocycles. The van der Waals surface area contributed by atoms with Gasteiger partial charge in [-0.25, -0.2) is 4.39 Å². The molecule has 0 saturated carbocycles. The Kier molecular flexibility index (Phi) is 4.57. The van der Waals surface area contributed by atoms with Crippen molar-refractivity contribution < 1.29 is 9.13 Å². The predicted octanol–water partition coefficient (Wildman–Crippen LogP) is 1.81. The standard InChI is InChI=1S/C12H14FN5O/c1-19-6-5-14-11-8-15-18-12(17-11)16-10-4-2-3-9(13)7-10/h2-4,7-8H,5-6H2,1H3,(H2,14,16,17,18). The second-order valence-electron chi connectivity index (χ2n) is 3.72. The van der Waals surface area contributed by atoms with E-state index in [0.29, 0.717) is 30.6 Å². The van der Waals surface area contributed by atoms with Gasteiger partial charge in [-0.05, 0) is 18.2 Å². The van der Waals surface area contributed by atoms with Crippen LogP contribution in [0.2, 0.25) is 0 Å². The smallest absolute Gasteiger partial charge is 0.249 e. The van der Waals surface area contributed by atoms with Gasteiger partial charge in [-0.15, -0.1) is 5.10 Å². The molecular formula is C12H14FN5O. The summed E-state index contributed by atoms with van der Waals surface area (Å²) in [7, 11) is 1.62. The molecule has 2 aromatic rings. The van der Waals surface area contributed by atoms with Crippen molar-refractivity contribution in [2.75, 3.05) is 30.9 Å². The molecule has 0 saturated heterocycles. The number of anilines is 3. The quantitative estimate of drug-likeness (QED) is 0.774. The highest BCUT2D eigenvalue weighted by atomic mass is 19.1. The fourth-order valence-electron chi connectivity index (χ4n) is 1.42. The van der Waals surface area contributed by atoms with Crippen LogP contribution in [0.25, 0.3) is 0 Å². The summed E-state index contributed by atoms with van der Waals surface area (Å²) >= 11 is 0. The van der Waals surface area contributed by atoms with E-state index in [4.69, 9.17) is 4.74 Å². The van der Waals surface area contributed by atoms with Crippen molar-refractivity contribution in [1.82, 2.24) is 15.2 Å². The Morgan fingerprint density at radius 3 is 3.05 bits per heavy atom. The Balaban J connectivity index is 2.02. The van der Waals surface area contributed by atoms with E-state index in [1.54, 1.807) is 19.2 Å². The molecule has 7 heteroatoms. The summed E-state index contributed by atoms with van der Waals surface area (Å²) in [4.78, 5) is 4.20. The van der Waals surface area contributed by atoms with E-state index in [9.17, 15) is 4.39 Å². The van der Waals surface area contributed by atoms with Crippen molar-refractivity contribution in [1.29, 1.82) is 0 Å². The first-order chi connectivity index (χ1) is 9.28. The van der Waals surface area contributed by atoms with Crippen LogP contribution in [0.15, 0.2) is 30.5 Å². The second-order valence-corrected chi connectivity index (χ2v) is 3.72. The summed E-state index contributed by atoms with van der Waals surface area (Å²) in [6.45, 7) is 1.19. The summed E-state index contributed by atoms with van der Waals surface area (Å²) in [6, 6.07) is 6.05. The third kappa shape index (κ3) is 4.14. The van der Waals surface area contributed by atoms with Gasteiger partial charge in [0.2, 0.25) is 5.95 Å². The third-order valence-electron chi connectivity index (χ3n) is 2.25. The van der Waals surface area contributed by atoms with Crippen LogP contribution >= 0.6 is 0 Å². The molecule has 0 bridgehead atoms. The van der Waals surface area contributed by atoms with Crippen LogP contribution in [-0.2, 0) is 4.74 Å². The van der Waals surface area contributed by atoms with Gasteiger partial charge >= 0.3 is 0 Å². The average Bonchev–Trinajstić information content (AvgIpc) is 2.39. The summed E-state index contributed by atoms with van der Waals surface area (Å²) in [5.41, 5.74) is 0.566. The number of halogens is 1. The molecule has 0 atom stereocenters. The SMILES string of the molecule is COCCNc1cnnc(Nc2cccc(F)c2)n1. The minimum atomic E-state index is -0.327. The topological polar surface area (TPSA) is 72.0 Å². The fraction of sp³-hybridized carbons (Fsp3) is 0.250. The lowest BCUT2D eigenvalue weighted by Crippen LogP contribution is -2.10. The zero-order valence-electron chi connectivity index (χ0n) is 10.4. The molecule has 0 spiro atoms. The van der Waals surface area contributed by atoms with Gasteiger partial charge < -0.3 is 15.4 Å². The lowest BCUT2D eigenvalue weighted by molar-refractivity contribution is 0.210. The molecule has 6 nitrogen and oxygen atoms in total. The van der Waals surface area contributed by atoms with Gasteiger partial charge in [0.15, 0.2) is 5.82 Å². The van der Waals surface area contributed by atoms with E-state index in [-0.39, 0.29) is 5.82 Å². The summed E-state index contributed by atoms with van der Waals surface area (Å²) in [5.74, 6) is 0.548. The summed E-state index contributed by atoms with van der Waals surface area (Å²) in [5, 5.41) is 13.5. The van der Waals surface area contributed by atoms with Crippen molar-refractivity contribution in [3.05, 3.63) is 36.3 Å². The Hall–Kier alpha value is -2.28.